The van der Waals surface area contributed by atoms with E-state index in [1.165, 1.54) is 38.5 Å². The van der Waals surface area contributed by atoms with Gasteiger partial charge in [0.2, 0.25) is 5.75 Å². The summed E-state index contributed by atoms with van der Waals surface area (Å²) in [5.41, 5.74) is -0.497. The summed E-state index contributed by atoms with van der Waals surface area (Å²) in [5, 5.41) is 10.7. The van der Waals surface area contributed by atoms with Gasteiger partial charge >= 0.3 is 5.63 Å². The molecule has 0 saturated heterocycles. The van der Waals surface area contributed by atoms with Crippen LogP contribution in [0.15, 0.2) is 39.6 Å². The van der Waals surface area contributed by atoms with Gasteiger partial charge in [0.1, 0.15) is 0 Å². The molecular weight excluding hydrogens is 380 g/mol. The van der Waals surface area contributed by atoms with E-state index in [2.05, 4.69) is 19.9 Å². The minimum absolute atomic E-state index is 0.156. The zero-order valence-electron chi connectivity index (χ0n) is 18.5. The maximum absolute atomic E-state index is 12.1. The molecule has 166 valence electrons. The van der Waals surface area contributed by atoms with Crippen LogP contribution in [0.2, 0.25) is 0 Å². The second-order valence-electron chi connectivity index (χ2n) is 7.54. The summed E-state index contributed by atoms with van der Waals surface area (Å²) in [6.07, 6.45) is 15.5. The monoisotopic (exact) mass is 416 g/mol. The first-order chi connectivity index (χ1) is 14.7. The number of benzene rings is 1. The predicted octanol–water partition coefficient (Wildman–Crippen LogP) is 6.75. The molecule has 2 rings (SSSR count). The fraction of sp³-hybridized carbons (Fsp3) is 0.560. The lowest BCUT2D eigenvalue weighted by atomic mass is 10.1. The van der Waals surface area contributed by atoms with Crippen LogP contribution in [0.5, 0.6) is 17.2 Å². The molecule has 0 bridgehead atoms. The number of fused-ring (bicyclic) bond motifs is 1. The minimum Gasteiger partial charge on any atom is -0.499 e. The number of rotatable bonds is 15. The molecule has 0 aliphatic heterocycles. The maximum Gasteiger partial charge on any atom is 0.382 e. The van der Waals surface area contributed by atoms with Crippen molar-refractivity contribution in [2.24, 2.45) is 0 Å². The highest BCUT2D eigenvalue weighted by Gasteiger charge is 2.18. The smallest absolute Gasteiger partial charge is 0.382 e. The van der Waals surface area contributed by atoms with Crippen molar-refractivity contribution in [2.45, 2.75) is 78.1 Å². The largest absolute Gasteiger partial charge is 0.499 e. The van der Waals surface area contributed by atoms with Gasteiger partial charge < -0.3 is 19.0 Å². The summed E-state index contributed by atoms with van der Waals surface area (Å²) in [6.45, 7) is 5.23. The fourth-order valence-electron chi connectivity index (χ4n) is 3.35. The molecule has 0 amide bonds. The number of hydrogen-bond donors (Lipinski definition) is 1. The molecule has 1 N–H and O–H groups in total. The van der Waals surface area contributed by atoms with Crippen molar-refractivity contribution < 1.29 is 19.0 Å². The molecule has 1 aromatic carbocycles. The molecule has 0 unspecified atom stereocenters. The van der Waals surface area contributed by atoms with Crippen LogP contribution >= 0.6 is 0 Å². The molecule has 2 aromatic rings. The number of hydrogen-bond acceptors (Lipinski definition) is 5. The molecule has 30 heavy (non-hydrogen) atoms. The average Bonchev–Trinajstić information content (AvgIpc) is 2.75. The molecule has 5 heteroatoms. The van der Waals surface area contributed by atoms with Gasteiger partial charge in [0.05, 0.1) is 18.6 Å². The summed E-state index contributed by atoms with van der Waals surface area (Å²) in [4.78, 5) is 12.1. The van der Waals surface area contributed by atoms with Gasteiger partial charge in [-0.15, -0.1) is 0 Å². The number of unbranched alkanes of at least 4 members (excludes halogenated alkanes) is 7. The zero-order chi connectivity index (χ0) is 21.6. The van der Waals surface area contributed by atoms with Crippen LogP contribution in [-0.4, -0.2) is 18.3 Å². The Balaban J connectivity index is 1.95. The van der Waals surface area contributed by atoms with E-state index in [9.17, 15) is 9.90 Å². The quantitative estimate of drug-likeness (QED) is 0.197. The Morgan fingerprint density at radius 1 is 0.933 bits per heavy atom. The van der Waals surface area contributed by atoms with Gasteiger partial charge in [-0.1, -0.05) is 77.0 Å². The highest BCUT2D eigenvalue weighted by atomic mass is 16.5. The first-order valence-corrected chi connectivity index (χ1v) is 11.4. The topological polar surface area (TPSA) is 68.9 Å². The second kappa shape index (κ2) is 13.7. The van der Waals surface area contributed by atoms with Crippen molar-refractivity contribution in [1.29, 1.82) is 0 Å². The highest BCUT2D eigenvalue weighted by molar-refractivity contribution is 5.89. The normalized spacial score (nSPS) is 11.4. The van der Waals surface area contributed by atoms with E-state index < -0.39 is 11.4 Å². The van der Waals surface area contributed by atoms with Crippen molar-refractivity contribution in [3.05, 3.63) is 40.8 Å². The molecule has 0 fully saturated rings. The average molecular weight is 417 g/mol. The van der Waals surface area contributed by atoms with Crippen LogP contribution in [0, 0.1) is 0 Å². The molecule has 0 atom stereocenters. The Bertz CT molecular complexity index is 837. The van der Waals surface area contributed by atoms with Crippen LogP contribution in [0.1, 0.15) is 78.1 Å². The Labute approximate surface area is 179 Å². The Morgan fingerprint density at radius 3 is 2.40 bits per heavy atom. The lowest BCUT2D eigenvalue weighted by molar-refractivity contribution is 0.292. The third kappa shape index (κ3) is 7.43. The highest BCUT2D eigenvalue weighted by Crippen LogP contribution is 2.36. The van der Waals surface area contributed by atoms with E-state index in [0.29, 0.717) is 36.4 Å². The van der Waals surface area contributed by atoms with Crippen molar-refractivity contribution in [2.75, 3.05) is 13.2 Å². The molecule has 1 aromatic heterocycles. The fourth-order valence-corrected chi connectivity index (χ4v) is 3.35. The minimum atomic E-state index is -0.815. The summed E-state index contributed by atoms with van der Waals surface area (Å²) in [5.74, 6) is 0.161. The lowest BCUT2D eigenvalue weighted by Crippen LogP contribution is -2.06. The van der Waals surface area contributed by atoms with Gasteiger partial charge in [-0.2, -0.15) is 0 Å². The molecule has 1 heterocycles. The van der Waals surface area contributed by atoms with Gasteiger partial charge in [0, 0.05) is 0 Å². The van der Waals surface area contributed by atoms with E-state index in [1.54, 1.807) is 12.1 Å². The van der Waals surface area contributed by atoms with Crippen molar-refractivity contribution in [1.82, 2.24) is 0 Å². The van der Waals surface area contributed by atoms with E-state index in [4.69, 9.17) is 13.9 Å². The Kier molecular flexibility index (Phi) is 10.9. The van der Waals surface area contributed by atoms with E-state index >= 15 is 0 Å². The molecule has 0 spiro atoms. The Morgan fingerprint density at radius 2 is 1.67 bits per heavy atom. The van der Waals surface area contributed by atoms with Gasteiger partial charge in [0.25, 0.3) is 0 Å². The predicted molar refractivity (Wildman–Crippen MR) is 122 cm³/mol. The first-order valence-electron chi connectivity index (χ1n) is 11.4. The van der Waals surface area contributed by atoms with Crippen LogP contribution in [0.25, 0.3) is 11.0 Å². The summed E-state index contributed by atoms with van der Waals surface area (Å²) >= 11 is 0. The maximum atomic E-state index is 12.1. The standard InChI is InChI=1S/C25H36O5/c1-3-5-7-9-10-11-12-14-18-28-21-17-15-16-20-23(21)30-25(27)22(26)24(20)29-19-13-8-6-4-2/h6,8,15-17,26H,3-5,7,9-14,18-19H2,1-2H3. The van der Waals surface area contributed by atoms with Gasteiger partial charge in [-0.3, -0.25) is 0 Å². The van der Waals surface area contributed by atoms with Crippen LogP contribution in [0.4, 0.5) is 0 Å². The van der Waals surface area contributed by atoms with Crippen molar-refractivity contribution in [3.63, 3.8) is 0 Å². The molecule has 0 aliphatic carbocycles. The summed E-state index contributed by atoms with van der Waals surface area (Å²) in [7, 11) is 0. The molecule has 5 nitrogen and oxygen atoms in total. The van der Waals surface area contributed by atoms with Crippen LogP contribution < -0.4 is 15.1 Å². The van der Waals surface area contributed by atoms with E-state index in [-0.39, 0.29) is 5.75 Å². The molecule has 0 aliphatic rings. The third-order valence-electron chi connectivity index (χ3n) is 5.02. The summed E-state index contributed by atoms with van der Waals surface area (Å²) < 4.78 is 16.9. The van der Waals surface area contributed by atoms with E-state index in [1.807, 2.05) is 12.1 Å². The molecule has 0 radical (unpaired) electrons. The SMILES string of the molecule is CCC=CCCOc1c(O)c(=O)oc2c(OCCCCCCCCCC)cccc12. The number of allylic oxidation sites excluding steroid dienone is 1. The van der Waals surface area contributed by atoms with Gasteiger partial charge in [-0.05, 0) is 31.4 Å². The zero-order valence-corrected chi connectivity index (χ0v) is 18.5. The van der Waals surface area contributed by atoms with Gasteiger partial charge in [0.15, 0.2) is 17.1 Å². The van der Waals surface area contributed by atoms with E-state index in [0.717, 1.165) is 19.3 Å². The Hall–Kier alpha value is -2.43. The molecular formula is C25H36O5. The lowest BCUT2D eigenvalue weighted by Gasteiger charge is -2.12. The summed E-state index contributed by atoms with van der Waals surface area (Å²) in [6, 6.07) is 5.36. The van der Waals surface area contributed by atoms with Crippen molar-refractivity contribution >= 4 is 11.0 Å². The number of para-hydroxylation sites is 1. The number of ether oxygens (including phenoxy) is 2. The third-order valence-corrected chi connectivity index (χ3v) is 5.02. The molecule has 0 saturated carbocycles. The van der Waals surface area contributed by atoms with Crippen LogP contribution in [-0.2, 0) is 0 Å². The second-order valence-corrected chi connectivity index (χ2v) is 7.54. The van der Waals surface area contributed by atoms with Crippen molar-refractivity contribution in [3.8, 4) is 17.2 Å². The number of aromatic hydroxyl groups is 1. The first kappa shape index (κ1) is 23.8. The van der Waals surface area contributed by atoms with Gasteiger partial charge in [-0.25, -0.2) is 4.79 Å². The van der Waals surface area contributed by atoms with Crippen LogP contribution in [0.3, 0.4) is 0 Å².